The number of amides is 1. The van der Waals surface area contributed by atoms with Gasteiger partial charge in [0.25, 0.3) is 0 Å². The molecule has 0 aliphatic heterocycles. The molecule has 14 heavy (non-hydrogen) atoms. The van der Waals surface area contributed by atoms with Crippen LogP contribution in [0.5, 0.6) is 0 Å². The fraction of sp³-hybridized carbons (Fsp3) is 0.750. The summed E-state index contributed by atoms with van der Waals surface area (Å²) in [7, 11) is 0. The van der Waals surface area contributed by atoms with Crippen molar-refractivity contribution in [1.82, 2.24) is 5.32 Å². The maximum atomic E-state index is 10.8. The zero-order chi connectivity index (χ0) is 11.0. The van der Waals surface area contributed by atoms with Gasteiger partial charge in [0, 0.05) is 6.92 Å². The minimum absolute atomic E-state index is 0.110. The first-order valence-electron chi connectivity index (χ1n) is 4.24. The van der Waals surface area contributed by atoms with E-state index in [4.69, 9.17) is 16.3 Å². The number of ether oxygens (including phenoxy) is 2. The van der Waals surface area contributed by atoms with Crippen molar-refractivity contribution >= 4 is 23.7 Å². The smallest absolute Gasteiger partial charge is 0.435 e. The lowest BCUT2D eigenvalue weighted by Crippen LogP contribution is -2.34. The van der Waals surface area contributed by atoms with Crippen molar-refractivity contribution in [3.8, 4) is 0 Å². The van der Waals surface area contributed by atoms with Crippen LogP contribution in [0.1, 0.15) is 13.8 Å². The first-order valence-corrected chi connectivity index (χ1v) is 4.77. The van der Waals surface area contributed by atoms with E-state index in [0.29, 0.717) is 0 Å². The second-order valence-corrected chi connectivity index (χ2v) is 2.82. The molecule has 0 aliphatic carbocycles. The van der Waals surface area contributed by atoms with Crippen LogP contribution in [0.15, 0.2) is 0 Å². The third-order valence-electron chi connectivity index (χ3n) is 1.28. The van der Waals surface area contributed by atoms with Crippen molar-refractivity contribution in [2.75, 3.05) is 19.0 Å². The van der Waals surface area contributed by atoms with E-state index < -0.39 is 12.3 Å². The number of hydrogen-bond donors (Lipinski definition) is 1. The SMILES string of the molecule is CCOC(=O)OC(CCl)CNC(C)=O. The largest absolute Gasteiger partial charge is 0.508 e. The third-order valence-corrected chi connectivity index (χ3v) is 1.62. The van der Waals surface area contributed by atoms with E-state index in [-0.39, 0.29) is 24.9 Å². The van der Waals surface area contributed by atoms with E-state index in [1.807, 2.05) is 0 Å². The van der Waals surface area contributed by atoms with Gasteiger partial charge in [-0.25, -0.2) is 4.79 Å². The van der Waals surface area contributed by atoms with Crippen LogP contribution >= 0.6 is 11.6 Å². The van der Waals surface area contributed by atoms with Gasteiger partial charge in [0.2, 0.25) is 5.91 Å². The van der Waals surface area contributed by atoms with Gasteiger partial charge in [0.05, 0.1) is 19.0 Å². The highest BCUT2D eigenvalue weighted by atomic mass is 35.5. The lowest BCUT2D eigenvalue weighted by molar-refractivity contribution is -0.119. The highest BCUT2D eigenvalue weighted by Crippen LogP contribution is 1.97. The Kier molecular flexibility index (Phi) is 6.92. The molecule has 1 amide bonds. The molecule has 0 aromatic rings. The zero-order valence-electron chi connectivity index (χ0n) is 8.21. The highest BCUT2D eigenvalue weighted by Gasteiger charge is 2.14. The van der Waals surface area contributed by atoms with E-state index >= 15 is 0 Å². The zero-order valence-corrected chi connectivity index (χ0v) is 8.97. The predicted molar refractivity (Wildman–Crippen MR) is 51.3 cm³/mol. The maximum Gasteiger partial charge on any atom is 0.508 e. The second-order valence-electron chi connectivity index (χ2n) is 2.51. The van der Waals surface area contributed by atoms with Crippen LogP contribution in [0.3, 0.4) is 0 Å². The molecule has 1 atom stereocenters. The Bertz CT molecular complexity index is 198. The van der Waals surface area contributed by atoms with Crippen LogP contribution in [-0.2, 0) is 14.3 Å². The average molecular weight is 224 g/mol. The fourth-order valence-corrected chi connectivity index (χ4v) is 0.845. The lowest BCUT2D eigenvalue weighted by atomic mass is 10.4. The van der Waals surface area contributed by atoms with Crippen LogP contribution in [-0.4, -0.2) is 37.2 Å². The molecule has 1 unspecified atom stereocenters. The van der Waals surface area contributed by atoms with Crippen LogP contribution in [0, 0.1) is 0 Å². The lowest BCUT2D eigenvalue weighted by Gasteiger charge is -2.14. The Balaban J connectivity index is 3.78. The molecule has 0 fully saturated rings. The molecule has 0 rings (SSSR count). The molecule has 0 aliphatic rings. The fourth-order valence-electron chi connectivity index (χ4n) is 0.673. The normalized spacial score (nSPS) is 11.6. The summed E-state index contributed by atoms with van der Waals surface area (Å²) >= 11 is 5.51. The quantitative estimate of drug-likeness (QED) is 0.556. The molecule has 6 heteroatoms. The van der Waals surface area contributed by atoms with E-state index in [1.165, 1.54) is 6.92 Å². The van der Waals surface area contributed by atoms with E-state index in [2.05, 4.69) is 10.1 Å². The van der Waals surface area contributed by atoms with E-state index in [0.717, 1.165) is 0 Å². The molecule has 0 saturated heterocycles. The first-order chi connectivity index (χ1) is 6.60. The number of nitrogens with one attached hydrogen (secondary N) is 1. The monoisotopic (exact) mass is 223 g/mol. The number of rotatable bonds is 5. The van der Waals surface area contributed by atoms with Gasteiger partial charge in [0.15, 0.2) is 0 Å². The minimum atomic E-state index is -0.775. The third kappa shape index (κ3) is 6.54. The number of alkyl halides is 1. The van der Waals surface area contributed by atoms with Gasteiger partial charge in [-0.15, -0.1) is 11.6 Å². The summed E-state index contributed by atoms with van der Waals surface area (Å²) in [5.41, 5.74) is 0. The van der Waals surface area contributed by atoms with Crippen molar-refractivity contribution in [3.05, 3.63) is 0 Å². The van der Waals surface area contributed by atoms with Crippen LogP contribution in [0.4, 0.5) is 4.79 Å². The van der Waals surface area contributed by atoms with Gasteiger partial charge in [-0.2, -0.15) is 0 Å². The van der Waals surface area contributed by atoms with Gasteiger partial charge in [0.1, 0.15) is 6.10 Å². The van der Waals surface area contributed by atoms with Gasteiger partial charge < -0.3 is 14.8 Å². The standard InChI is InChI=1S/C8H14ClNO4/c1-3-13-8(12)14-7(4-9)5-10-6(2)11/h7H,3-5H2,1-2H3,(H,10,11). The van der Waals surface area contributed by atoms with Crippen molar-refractivity contribution < 1.29 is 19.1 Å². The van der Waals surface area contributed by atoms with Crippen LogP contribution in [0.25, 0.3) is 0 Å². The van der Waals surface area contributed by atoms with Gasteiger partial charge in [-0.05, 0) is 6.92 Å². The van der Waals surface area contributed by atoms with Crippen LogP contribution in [0.2, 0.25) is 0 Å². The second kappa shape index (κ2) is 7.44. The Morgan fingerprint density at radius 1 is 1.50 bits per heavy atom. The molecule has 0 bridgehead atoms. The minimum Gasteiger partial charge on any atom is -0.435 e. The molecule has 0 heterocycles. The average Bonchev–Trinajstić information content (AvgIpc) is 2.12. The van der Waals surface area contributed by atoms with E-state index in [9.17, 15) is 9.59 Å². The highest BCUT2D eigenvalue weighted by molar-refractivity contribution is 6.18. The van der Waals surface area contributed by atoms with Gasteiger partial charge in [-0.1, -0.05) is 0 Å². The summed E-state index contributed by atoms with van der Waals surface area (Å²) in [5, 5.41) is 2.49. The Hall–Kier alpha value is -0.970. The molecular weight excluding hydrogens is 210 g/mol. The molecular formula is C8H14ClNO4. The molecule has 1 N–H and O–H groups in total. The Morgan fingerprint density at radius 2 is 2.14 bits per heavy atom. The summed E-state index contributed by atoms with van der Waals surface area (Å²) in [6.07, 6.45) is -1.33. The number of carbonyl (C=O) groups is 2. The summed E-state index contributed by atoms with van der Waals surface area (Å²) in [6, 6.07) is 0. The molecule has 0 radical (unpaired) electrons. The maximum absolute atomic E-state index is 10.8. The molecule has 0 aromatic carbocycles. The summed E-state index contributed by atoms with van der Waals surface area (Å²) in [4.78, 5) is 21.4. The summed E-state index contributed by atoms with van der Waals surface area (Å²) in [6.45, 7) is 3.48. The number of carbonyl (C=O) groups excluding carboxylic acids is 2. The van der Waals surface area contributed by atoms with Crippen molar-refractivity contribution in [3.63, 3.8) is 0 Å². The summed E-state index contributed by atoms with van der Waals surface area (Å²) in [5.74, 6) is -0.0911. The molecule has 5 nitrogen and oxygen atoms in total. The topological polar surface area (TPSA) is 64.6 Å². The van der Waals surface area contributed by atoms with Crippen LogP contribution < -0.4 is 5.32 Å². The molecule has 0 aromatic heterocycles. The predicted octanol–water partition coefficient (Wildman–Crippen LogP) is 0.903. The summed E-state index contributed by atoms with van der Waals surface area (Å²) < 4.78 is 9.33. The molecule has 0 spiro atoms. The molecule has 0 saturated carbocycles. The number of halogens is 1. The van der Waals surface area contributed by atoms with Crippen molar-refractivity contribution in [2.24, 2.45) is 0 Å². The van der Waals surface area contributed by atoms with Gasteiger partial charge >= 0.3 is 6.16 Å². The van der Waals surface area contributed by atoms with Gasteiger partial charge in [-0.3, -0.25) is 4.79 Å². The Morgan fingerprint density at radius 3 is 2.57 bits per heavy atom. The van der Waals surface area contributed by atoms with Crippen molar-refractivity contribution in [2.45, 2.75) is 20.0 Å². The van der Waals surface area contributed by atoms with E-state index in [1.54, 1.807) is 6.92 Å². The number of hydrogen-bond acceptors (Lipinski definition) is 4. The Labute approximate surface area is 87.7 Å². The first kappa shape index (κ1) is 13.0. The van der Waals surface area contributed by atoms with Crippen molar-refractivity contribution in [1.29, 1.82) is 0 Å². The molecule has 82 valence electrons.